The van der Waals surface area contributed by atoms with Crippen LogP contribution in [-0.2, 0) is 11.4 Å². The third-order valence-electron chi connectivity index (χ3n) is 2.71. The number of carbonyl (C=O) groups excluding carboxylic acids is 1. The van der Waals surface area contributed by atoms with Crippen molar-refractivity contribution in [2.45, 2.75) is 6.61 Å². The number of carboxylic acid groups (broad SMARTS) is 1. The smallest absolute Gasteiger partial charge is 0.138 e. The highest BCUT2D eigenvalue weighted by Gasteiger charge is 2.05. The fourth-order valence-electron chi connectivity index (χ4n) is 1.67. The Morgan fingerprint density at radius 2 is 2.05 bits per heavy atom. The summed E-state index contributed by atoms with van der Waals surface area (Å²) in [5, 5.41) is 10.6. The Bertz CT molecular complexity index is 683. The minimum absolute atomic E-state index is 0.0562. The first-order valence-electron chi connectivity index (χ1n) is 6.11. The normalized spacial score (nSPS) is 10.8. The van der Waals surface area contributed by atoms with E-state index in [2.05, 4.69) is 0 Å². The van der Waals surface area contributed by atoms with Crippen LogP contribution in [0.25, 0.3) is 6.08 Å². The molecule has 0 saturated carbocycles. The molecule has 21 heavy (non-hydrogen) atoms. The Kier molecular flexibility index (Phi) is 4.95. The van der Waals surface area contributed by atoms with Crippen LogP contribution in [0.1, 0.15) is 11.1 Å². The fraction of sp³-hybridized carbons (Fsp3) is 0.0625. The maximum atomic E-state index is 13.4. The van der Waals surface area contributed by atoms with Crippen LogP contribution >= 0.6 is 11.6 Å². The van der Waals surface area contributed by atoms with Gasteiger partial charge in [-0.15, -0.1) is 0 Å². The molecule has 0 heterocycles. The lowest BCUT2D eigenvalue weighted by atomic mass is 10.2. The molecule has 0 amide bonds. The van der Waals surface area contributed by atoms with Crippen molar-refractivity contribution in [3.63, 3.8) is 0 Å². The van der Waals surface area contributed by atoms with Gasteiger partial charge in [-0.2, -0.15) is 0 Å². The second kappa shape index (κ2) is 6.90. The van der Waals surface area contributed by atoms with Gasteiger partial charge in [0.2, 0.25) is 0 Å². The summed E-state index contributed by atoms with van der Waals surface area (Å²) in [4.78, 5) is 10.3. The Morgan fingerprint density at radius 3 is 2.71 bits per heavy atom. The zero-order valence-electron chi connectivity index (χ0n) is 10.9. The molecule has 0 spiro atoms. The largest absolute Gasteiger partial charge is 0.545 e. The molecule has 0 radical (unpaired) electrons. The van der Waals surface area contributed by atoms with Gasteiger partial charge in [-0.25, -0.2) is 4.39 Å². The van der Waals surface area contributed by atoms with Gasteiger partial charge >= 0.3 is 0 Å². The predicted octanol–water partition coefficient (Wildman–Crippen LogP) is 2.82. The summed E-state index contributed by atoms with van der Waals surface area (Å²) in [6.07, 6.45) is 2.27. The molecule has 0 saturated heterocycles. The highest BCUT2D eigenvalue weighted by Crippen LogP contribution is 2.27. The monoisotopic (exact) mass is 305 g/mol. The zero-order valence-corrected chi connectivity index (χ0v) is 11.6. The molecule has 0 fully saturated rings. The molecule has 108 valence electrons. The van der Waals surface area contributed by atoms with Crippen LogP contribution in [-0.4, -0.2) is 5.97 Å². The van der Waals surface area contributed by atoms with Gasteiger partial charge < -0.3 is 14.6 Å². The van der Waals surface area contributed by atoms with Crippen LogP contribution in [0.3, 0.4) is 0 Å². The molecule has 0 aliphatic carbocycles. The standard InChI is InChI=1S/C16H12ClFO3/c17-13-9-11(6-8-16(19)20)5-7-15(13)21-10-12-3-1-2-4-14(12)18/h1-9H,10H2,(H,19,20)/p-1/b8-6+. The number of carbonyl (C=O) groups is 1. The van der Waals surface area contributed by atoms with Crippen LogP contribution in [0.15, 0.2) is 48.5 Å². The third kappa shape index (κ3) is 4.33. The van der Waals surface area contributed by atoms with Crippen LogP contribution in [0.5, 0.6) is 5.75 Å². The minimum atomic E-state index is -1.29. The van der Waals surface area contributed by atoms with E-state index in [9.17, 15) is 14.3 Å². The summed E-state index contributed by atoms with van der Waals surface area (Å²) in [6, 6.07) is 11.1. The lowest BCUT2D eigenvalue weighted by Gasteiger charge is -2.09. The van der Waals surface area contributed by atoms with Gasteiger partial charge in [0.25, 0.3) is 0 Å². The van der Waals surface area contributed by atoms with E-state index in [0.29, 0.717) is 21.9 Å². The van der Waals surface area contributed by atoms with E-state index in [4.69, 9.17) is 16.3 Å². The highest BCUT2D eigenvalue weighted by molar-refractivity contribution is 6.32. The zero-order chi connectivity index (χ0) is 15.2. The molecule has 5 heteroatoms. The number of ether oxygens (including phenoxy) is 1. The summed E-state index contributed by atoms with van der Waals surface area (Å²) < 4.78 is 18.9. The first-order chi connectivity index (χ1) is 10.1. The van der Waals surface area contributed by atoms with Crippen LogP contribution < -0.4 is 9.84 Å². The van der Waals surface area contributed by atoms with Crippen molar-refractivity contribution < 1.29 is 19.0 Å². The van der Waals surface area contributed by atoms with E-state index >= 15 is 0 Å². The van der Waals surface area contributed by atoms with Gasteiger partial charge in [-0.1, -0.05) is 41.9 Å². The molecular weight excluding hydrogens is 295 g/mol. The Balaban J connectivity index is 2.08. The number of aliphatic carboxylic acids is 1. The number of carboxylic acids is 1. The third-order valence-corrected chi connectivity index (χ3v) is 3.00. The molecule has 2 rings (SSSR count). The van der Waals surface area contributed by atoms with E-state index in [-0.39, 0.29) is 12.4 Å². The summed E-state index contributed by atoms with van der Waals surface area (Å²) >= 11 is 6.04. The molecule has 3 nitrogen and oxygen atoms in total. The van der Waals surface area contributed by atoms with E-state index in [1.807, 2.05) is 0 Å². The maximum Gasteiger partial charge on any atom is 0.138 e. The molecule has 0 aliphatic rings. The molecule has 0 aromatic heterocycles. The van der Waals surface area contributed by atoms with Crippen molar-refractivity contribution in [2.75, 3.05) is 0 Å². The Labute approximate surface area is 126 Å². The molecular formula is C16H11ClFO3-. The van der Waals surface area contributed by atoms with Crippen LogP contribution in [0.4, 0.5) is 4.39 Å². The first-order valence-corrected chi connectivity index (χ1v) is 6.49. The topological polar surface area (TPSA) is 49.4 Å². The lowest BCUT2D eigenvalue weighted by molar-refractivity contribution is -0.297. The molecule has 0 aliphatic heterocycles. The van der Waals surface area contributed by atoms with Crippen LogP contribution in [0, 0.1) is 5.82 Å². The molecule has 0 N–H and O–H groups in total. The van der Waals surface area contributed by atoms with Gasteiger partial charge in [0.15, 0.2) is 0 Å². The molecule has 0 bridgehead atoms. The Hall–Kier alpha value is -2.33. The van der Waals surface area contributed by atoms with Crippen molar-refractivity contribution in [2.24, 2.45) is 0 Å². The Morgan fingerprint density at radius 1 is 1.29 bits per heavy atom. The van der Waals surface area contributed by atoms with E-state index in [0.717, 1.165) is 6.08 Å². The number of hydrogen-bond acceptors (Lipinski definition) is 3. The van der Waals surface area contributed by atoms with Gasteiger partial charge in [0, 0.05) is 5.56 Å². The summed E-state index contributed by atoms with van der Waals surface area (Å²) in [6.45, 7) is 0.0562. The predicted molar refractivity (Wildman–Crippen MR) is 76.2 cm³/mol. The fourth-order valence-corrected chi connectivity index (χ4v) is 1.92. The minimum Gasteiger partial charge on any atom is -0.545 e. The van der Waals surface area contributed by atoms with Gasteiger partial charge in [0.1, 0.15) is 18.2 Å². The summed E-state index contributed by atoms with van der Waals surface area (Å²) in [5.74, 6) is -1.24. The average Bonchev–Trinajstić information content (AvgIpc) is 2.45. The summed E-state index contributed by atoms with van der Waals surface area (Å²) in [5.41, 5.74) is 1.02. The van der Waals surface area contributed by atoms with E-state index in [1.165, 1.54) is 12.1 Å². The van der Waals surface area contributed by atoms with Crippen molar-refractivity contribution in [3.8, 4) is 5.75 Å². The van der Waals surface area contributed by atoms with E-state index in [1.54, 1.807) is 36.4 Å². The maximum absolute atomic E-state index is 13.4. The van der Waals surface area contributed by atoms with Crippen molar-refractivity contribution in [1.82, 2.24) is 0 Å². The van der Waals surface area contributed by atoms with Gasteiger partial charge in [0.05, 0.1) is 11.0 Å². The molecule has 0 atom stereocenters. The van der Waals surface area contributed by atoms with E-state index < -0.39 is 5.97 Å². The van der Waals surface area contributed by atoms with Gasteiger partial charge in [-0.05, 0) is 29.8 Å². The van der Waals surface area contributed by atoms with Crippen molar-refractivity contribution >= 4 is 23.6 Å². The lowest BCUT2D eigenvalue weighted by Crippen LogP contribution is -2.18. The number of rotatable bonds is 5. The van der Waals surface area contributed by atoms with Crippen LogP contribution in [0.2, 0.25) is 5.02 Å². The quantitative estimate of drug-likeness (QED) is 0.798. The van der Waals surface area contributed by atoms with Crippen molar-refractivity contribution in [1.29, 1.82) is 0 Å². The average molecular weight is 306 g/mol. The second-order valence-electron chi connectivity index (χ2n) is 4.22. The molecule has 0 unspecified atom stereocenters. The molecule has 2 aromatic rings. The molecule has 2 aromatic carbocycles. The highest BCUT2D eigenvalue weighted by atomic mass is 35.5. The number of halogens is 2. The number of benzene rings is 2. The number of hydrogen-bond donors (Lipinski definition) is 0. The van der Waals surface area contributed by atoms with Crippen molar-refractivity contribution in [3.05, 3.63) is 70.5 Å². The SMILES string of the molecule is O=C([O-])/C=C/c1ccc(OCc2ccccc2F)c(Cl)c1. The second-order valence-corrected chi connectivity index (χ2v) is 4.63. The summed E-state index contributed by atoms with van der Waals surface area (Å²) in [7, 11) is 0. The van der Waals surface area contributed by atoms with Gasteiger partial charge in [-0.3, -0.25) is 0 Å². The first kappa shape index (κ1) is 15.1.